The smallest absolute Gasteiger partial charge is 0.259 e. The third-order valence-electron chi connectivity index (χ3n) is 5.28. The Labute approximate surface area is 171 Å². The molecule has 2 N–H and O–H groups in total. The van der Waals surface area contributed by atoms with Gasteiger partial charge in [-0.3, -0.25) is 4.79 Å². The first-order valence-electron chi connectivity index (χ1n) is 9.74. The van der Waals surface area contributed by atoms with E-state index in [1.165, 1.54) is 28.8 Å². The van der Waals surface area contributed by atoms with E-state index in [1.54, 1.807) is 23.1 Å². The van der Waals surface area contributed by atoms with Crippen molar-refractivity contribution in [3.63, 3.8) is 0 Å². The molecule has 0 amide bonds. The molecule has 0 atom stereocenters. The van der Waals surface area contributed by atoms with Crippen LogP contribution in [0.5, 0.6) is 0 Å². The van der Waals surface area contributed by atoms with Crippen LogP contribution in [0.4, 0.5) is 0 Å². The SMILES string of the molecule is Cc1ccc2nc(CSCCc3nc4sc5c(c4c(=O)[nH]3)CCCC5)[nH]c2c1. The summed E-state index contributed by atoms with van der Waals surface area (Å²) >= 11 is 3.52. The average Bonchev–Trinajstić information content (AvgIpc) is 3.25. The normalized spacial score (nSPS) is 14.0. The summed E-state index contributed by atoms with van der Waals surface area (Å²) in [5.41, 5.74) is 4.63. The van der Waals surface area contributed by atoms with E-state index in [9.17, 15) is 4.79 Å². The Morgan fingerprint density at radius 1 is 1.14 bits per heavy atom. The Bertz CT molecular complexity index is 1220. The van der Waals surface area contributed by atoms with Gasteiger partial charge in [-0.2, -0.15) is 11.8 Å². The molecule has 7 heteroatoms. The summed E-state index contributed by atoms with van der Waals surface area (Å²) in [7, 11) is 0. The number of hydrogen-bond donors (Lipinski definition) is 2. The van der Waals surface area contributed by atoms with Gasteiger partial charge in [0.05, 0.1) is 22.2 Å². The highest BCUT2D eigenvalue weighted by atomic mass is 32.2. The van der Waals surface area contributed by atoms with Gasteiger partial charge in [0.15, 0.2) is 0 Å². The maximum absolute atomic E-state index is 12.6. The zero-order chi connectivity index (χ0) is 19.1. The third-order valence-corrected chi connectivity index (χ3v) is 7.44. The van der Waals surface area contributed by atoms with Gasteiger partial charge in [-0.1, -0.05) is 6.07 Å². The number of hydrogen-bond acceptors (Lipinski definition) is 5. The van der Waals surface area contributed by atoms with Crippen molar-refractivity contribution in [2.24, 2.45) is 0 Å². The molecule has 5 rings (SSSR count). The number of H-pyrrole nitrogens is 2. The number of thiophene rings is 1. The number of aromatic amines is 2. The van der Waals surface area contributed by atoms with Gasteiger partial charge in [-0.05, 0) is 55.9 Å². The van der Waals surface area contributed by atoms with E-state index in [0.29, 0.717) is 0 Å². The molecule has 0 unspecified atom stereocenters. The molecule has 4 aromatic rings. The Morgan fingerprint density at radius 2 is 2.04 bits per heavy atom. The number of thioether (sulfide) groups is 1. The van der Waals surface area contributed by atoms with Crippen LogP contribution in [0.3, 0.4) is 0 Å². The number of benzene rings is 1. The molecule has 1 aromatic carbocycles. The molecule has 3 heterocycles. The van der Waals surface area contributed by atoms with E-state index in [0.717, 1.165) is 63.7 Å². The molecular formula is C21H22N4OS2. The van der Waals surface area contributed by atoms with E-state index in [4.69, 9.17) is 4.98 Å². The number of nitrogens with one attached hydrogen (secondary N) is 2. The summed E-state index contributed by atoms with van der Waals surface area (Å²) < 4.78 is 0. The van der Waals surface area contributed by atoms with Crippen LogP contribution in [-0.2, 0) is 25.0 Å². The van der Waals surface area contributed by atoms with Crippen LogP contribution >= 0.6 is 23.1 Å². The highest BCUT2D eigenvalue weighted by Gasteiger charge is 2.19. The number of imidazole rings is 1. The van der Waals surface area contributed by atoms with E-state index < -0.39 is 0 Å². The summed E-state index contributed by atoms with van der Waals surface area (Å²) in [4.78, 5) is 30.7. The number of nitrogens with zero attached hydrogens (tertiary/aromatic N) is 2. The van der Waals surface area contributed by atoms with Crippen molar-refractivity contribution in [2.75, 3.05) is 5.75 Å². The van der Waals surface area contributed by atoms with Gasteiger partial charge < -0.3 is 9.97 Å². The Morgan fingerprint density at radius 3 is 2.96 bits per heavy atom. The van der Waals surface area contributed by atoms with E-state index >= 15 is 0 Å². The number of fused-ring (bicyclic) bond motifs is 4. The van der Waals surface area contributed by atoms with Gasteiger partial charge >= 0.3 is 0 Å². The van der Waals surface area contributed by atoms with Crippen molar-refractivity contribution in [3.05, 3.63) is 56.2 Å². The average molecular weight is 411 g/mol. The quantitative estimate of drug-likeness (QED) is 0.474. The lowest BCUT2D eigenvalue weighted by Crippen LogP contribution is -2.13. The van der Waals surface area contributed by atoms with E-state index in [1.807, 2.05) is 0 Å². The molecule has 3 aromatic heterocycles. The van der Waals surface area contributed by atoms with Crippen molar-refractivity contribution >= 4 is 44.3 Å². The topological polar surface area (TPSA) is 74.4 Å². The zero-order valence-corrected chi connectivity index (χ0v) is 17.4. The zero-order valence-electron chi connectivity index (χ0n) is 15.8. The molecule has 0 radical (unpaired) electrons. The van der Waals surface area contributed by atoms with E-state index in [-0.39, 0.29) is 5.56 Å². The standard InChI is InChI=1S/C21H22N4OS2/c1-12-6-7-14-15(10-12)23-18(22-14)11-27-9-8-17-24-20(26)19-13-4-2-3-5-16(13)28-21(19)25-17/h6-7,10H,2-5,8-9,11H2,1H3,(H,22,23)(H,24,25,26). The van der Waals surface area contributed by atoms with Crippen LogP contribution in [0.25, 0.3) is 21.3 Å². The number of aromatic nitrogens is 4. The van der Waals surface area contributed by atoms with Crippen LogP contribution < -0.4 is 5.56 Å². The largest absolute Gasteiger partial charge is 0.341 e. The van der Waals surface area contributed by atoms with Crippen LogP contribution in [0.1, 0.15) is 40.5 Å². The molecule has 0 saturated heterocycles. The fraction of sp³-hybridized carbons (Fsp3) is 0.381. The van der Waals surface area contributed by atoms with Crippen molar-refractivity contribution in [1.82, 2.24) is 19.9 Å². The van der Waals surface area contributed by atoms with Crippen molar-refractivity contribution < 1.29 is 0 Å². The van der Waals surface area contributed by atoms with Gasteiger partial charge in [-0.25, -0.2) is 9.97 Å². The second-order valence-corrected chi connectivity index (χ2v) is 9.60. The molecule has 0 aliphatic heterocycles. The minimum Gasteiger partial charge on any atom is -0.341 e. The molecule has 0 saturated carbocycles. The second-order valence-electron chi connectivity index (χ2n) is 7.41. The lowest BCUT2D eigenvalue weighted by atomic mass is 9.97. The van der Waals surface area contributed by atoms with Gasteiger partial charge in [0.1, 0.15) is 16.5 Å². The van der Waals surface area contributed by atoms with Crippen molar-refractivity contribution in [3.8, 4) is 0 Å². The Kier molecular flexibility index (Phi) is 4.72. The maximum atomic E-state index is 12.6. The van der Waals surface area contributed by atoms with E-state index in [2.05, 4.69) is 40.1 Å². The maximum Gasteiger partial charge on any atom is 0.259 e. The highest BCUT2D eigenvalue weighted by molar-refractivity contribution is 7.98. The van der Waals surface area contributed by atoms with Crippen LogP contribution in [-0.4, -0.2) is 25.7 Å². The minimum absolute atomic E-state index is 0.0389. The van der Waals surface area contributed by atoms with Crippen LogP contribution in [0.2, 0.25) is 0 Å². The Balaban J connectivity index is 1.26. The molecule has 5 nitrogen and oxygen atoms in total. The molecule has 1 aliphatic rings. The summed E-state index contributed by atoms with van der Waals surface area (Å²) in [5.74, 6) is 3.51. The molecule has 0 bridgehead atoms. The molecule has 1 aliphatic carbocycles. The lowest BCUT2D eigenvalue weighted by Gasteiger charge is -2.09. The third kappa shape index (κ3) is 3.37. The highest BCUT2D eigenvalue weighted by Crippen LogP contribution is 2.33. The summed E-state index contributed by atoms with van der Waals surface area (Å²) in [6.45, 7) is 2.09. The molecular weight excluding hydrogens is 388 g/mol. The first-order chi connectivity index (χ1) is 13.7. The fourth-order valence-corrected chi connectivity index (χ4v) is 6.00. The first kappa shape index (κ1) is 17.9. The molecule has 0 spiro atoms. The van der Waals surface area contributed by atoms with Gasteiger partial charge in [-0.15, -0.1) is 11.3 Å². The fourth-order valence-electron chi connectivity index (χ4n) is 3.91. The summed E-state index contributed by atoms with van der Waals surface area (Å²) in [5, 5.41) is 0.841. The van der Waals surface area contributed by atoms with Crippen LogP contribution in [0, 0.1) is 6.92 Å². The van der Waals surface area contributed by atoms with Crippen molar-refractivity contribution in [1.29, 1.82) is 0 Å². The predicted molar refractivity (Wildman–Crippen MR) is 118 cm³/mol. The molecule has 0 fully saturated rings. The van der Waals surface area contributed by atoms with Gasteiger partial charge in [0.2, 0.25) is 0 Å². The minimum atomic E-state index is 0.0389. The first-order valence-corrected chi connectivity index (χ1v) is 11.7. The monoisotopic (exact) mass is 410 g/mol. The van der Waals surface area contributed by atoms with Gasteiger partial charge in [0, 0.05) is 17.1 Å². The Hall–Kier alpha value is -2.12. The number of rotatable bonds is 5. The number of aryl methyl sites for hydroxylation is 4. The lowest BCUT2D eigenvalue weighted by molar-refractivity contribution is 0.700. The summed E-state index contributed by atoms with van der Waals surface area (Å²) in [6.07, 6.45) is 5.28. The van der Waals surface area contributed by atoms with Crippen LogP contribution in [0.15, 0.2) is 23.0 Å². The van der Waals surface area contributed by atoms with Gasteiger partial charge in [0.25, 0.3) is 5.56 Å². The summed E-state index contributed by atoms with van der Waals surface area (Å²) in [6, 6.07) is 6.27. The second kappa shape index (κ2) is 7.37. The molecule has 28 heavy (non-hydrogen) atoms. The van der Waals surface area contributed by atoms with Crippen molar-refractivity contribution in [2.45, 2.75) is 44.8 Å². The predicted octanol–water partition coefficient (Wildman–Crippen LogP) is 4.52. The molecule has 144 valence electrons.